The average Bonchev–Trinajstić information content (AvgIpc) is 3.26. The second kappa shape index (κ2) is 11.5. The van der Waals surface area contributed by atoms with E-state index in [4.69, 9.17) is 16.3 Å². The highest BCUT2D eigenvalue weighted by molar-refractivity contribution is 7.89. The van der Waals surface area contributed by atoms with Crippen LogP contribution in [-0.2, 0) is 23.2 Å². The first kappa shape index (κ1) is 27.4. The Labute approximate surface area is 237 Å². The molecule has 4 aromatic carbocycles. The molecule has 0 unspecified atom stereocenters. The number of rotatable bonds is 9. The summed E-state index contributed by atoms with van der Waals surface area (Å²) in [5, 5.41) is 0.592. The molecule has 0 spiro atoms. The fraction of sp³-hybridized carbons (Fsp3) is 0.133. The number of hydrogen-bond acceptors (Lipinski definition) is 5. The van der Waals surface area contributed by atoms with Crippen molar-refractivity contribution in [2.75, 3.05) is 0 Å². The predicted molar refractivity (Wildman–Crippen MR) is 155 cm³/mol. The number of fused-ring (bicyclic) bond motifs is 1. The largest absolute Gasteiger partial charge is 0.489 e. The highest BCUT2D eigenvalue weighted by Gasteiger charge is 2.17. The standard InChI is InChI=1S/C30H27ClN4O4S/c1-20-8-13-26(14-9-20)40(37,38)34-33-30(36)23-12-15-28-29(17-23)35(21(2)32-28)18-24-11-10-22(16-27(24)31)19-39-25-6-4-3-5-7-25/h3-17,34H,18-19H2,1-2H3,(H,33,36). The molecule has 0 atom stereocenters. The SMILES string of the molecule is Cc1ccc(S(=O)(=O)NNC(=O)c2ccc3nc(C)n(Cc4ccc(COc5ccccc5)cc4Cl)c3c2)cc1. The van der Waals surface area contributed by atoms with Crippen LogP contribution >= 0.6 is 11.6 Å². The fourth-order valence-corrected chi connectivity index (χ4v) is 5.31. The van der Waals surface area contributed by atoms with Crippen LogP contribution in [0.5, 0.6) is 5.75 Å². The zero-order chi connectivity index (χ0) is 28.3. The molecule has 1 aromatic heterocycles. The summed E-state index contributed by atoms with van der Waals surface area (Å²) in [6.45, 7) is 4.57. The average molecular weight is 575 g/mol. The van der Waals surface area contributed by atoms with Crippen molar-refractivity contribution in [2.45, 2.75) is 31.9 Å². The van der Waals surface area contributed by atoms with Gasteiger partial charge in [-0.1, -0.05) is 59.6 Å². The summed E-state index contributed by atoms with van der Waals surface area (Å²) in [5.41, 5.74) is 6.75. The molecule has 204 valence electrons. The Balaban J connectivity index is 1.31. The van der Waals surface area contributed by atoms with Gasteiger partial charge in [-0.3, -0.25) is 10.2 Å². The van der Waals surface area contributed by atoms with E-state index in [9.17, 15) is 13.2 Å². The van der Waals surface area contributed by atoms with Crippen molar-refractivity contribution in [3.8, 4) is 5.75 Å². The van der Waals surface area contributed by atoms with Gasteiger partial charge >= 0.3 is 0 Å². The predicted octanol–water partition coefficient (Wildman–Crippen LogP) is 5.56. The number of ether oxygens (including phenoxy) is 1. The van der Waals surface area contributed by atoms with Crippen LogP contribution < -0.4 is 15.0 Å². The number of benzene rings is 4. The minimum atomic E-state index is -3.92. The van der Waals surface area contributed by atoms with E-state index in [0.29, 0.717) is 23.7 Å². The third-order valence-corrected chi connectivity index (χ3v) is 8.04. The Hall–Kier alpha value is -4.18. The highest BCUT2D eigenvalue weighted by Crippen LogP contribution is 2.24. The van der Waals surface area contributed by atoms with E-state index in [0.717, 1.165) is 33.8 Å². The van der Waals surface area contributed by atoms with Crippen LogP contribution in [0, 0.1) is 13.8 Å². The Morgan fingerprint density at radius 1 is 0.950 bits per heavy atom. The number of amides is 1. The van der Waals surface area contributed by atoms with E-state index in [1.165, 1.54) is 12.1 Å². The molecular weight excluding hydrogens is 548 g/mol. The highest BCUT2D eigenvalue weighted by atomic mass is 35.5. The fourth-order valence-electron chi connectivity index (χ4n) is 4.21. The number of imidazole rings is 1. The maximum Gasteiger partial charge on any atom is 0.266 e. The number of halogens is 1. The monoisotopic (exact) mass is 574 g/mol. The topological polar surface area (TPSA) is 102 Å². The Kier molecular flexibility index (Phi) is 7.88. The lowest BCUT2D eigenvalue weighted by molar-refractivity contribution is 0.0945. The molecule has 8 nitrogen and oxygen atoms in total. The van der Waals surface area contributed by atoms with Gasteiger partial charge in [0.25, 0.3) is 15.9 Å². The third-order valence-electron chi connectivity index (χ3n) is 6.43. The summed E-state index contributed by atoms with van der Waals surface area (Å²) in [5.74, 6) is 0.940. The van der Waals surface area contributed by atoms with E-state index in [1.807, 2.05) is 66.9 Å². The van der Waals surface area contributed by atoms with Crippen molar-refractivity contribution in [2.24, 2.45) is 0 Å². The number of hydrogen-bond donors (Lipinski definition) is 2. The van der Waals surface area contributed by atoms with Crippen LogP contribution in [0.25, 0.3) is 11.0 Å². The van der Waals surface area contributed by atoms with E-state index >= 15 is 0 Å². The van der Waals surface area contributed by atoms with Gasteiger partial charge < -0.3 is 9.30 Å². The summed E-state index contributed by atoms with van der Waals surface area (Å²) in [7, 11) is -3.92. The second-order valence-electron chi connectivity index (χ2n) is 9.35. The van der Waals surface area contributed by atoms with Gasteiger partial charge in [-0.05, 0) is 73.5 Å². The van der Waals surface area contributed by atoms with Crippen molar-refractivity contribution in [3.05, 3.63) is 124 Å². The molecule has 0 saturated carbocycles. The zero-order valence-electron chi connectivity index (χ0n) is 21.9. The van der Waals surface area contributed by atoms with Gasteiger partial charge in [0.2, 0.25) is 0 Å². The van der Waals surface area contributed by atoms with Crippen LogP contribution in [0.2, 0.25) is 5.02 Å². The van der Waals surface area contributed by atoms with E-state index in [1.54, 1.807) is 30.3 Å². The van der Waals surface area contributed by atoms with Crippen molar-refractivity contribution in [1.82, 2.24) is 19.8 Å². The van der Waals surface area contributed by atoms with Gasteiger partial charge in [-0.25, -0.2) is 13.4 Å². The van der Waals surface area contributed by atoms with E-state index in [2.05, 4.69) is 15.2 Å². The molecule has 0 aliphatic carbocycles. The maximum atomic E-state index is 12.9. The Bertz CT molecular complexity index is 1790. The molecule has 0 aliphatic rings. The van der Waals surface area contributed by atoms with Crippen LogP contribution in [0.15, 0.2) is 95.9 Å². The van der Waals surface area contributed by atoms with Crippen LogP contribution in [0.4, 0.5) is 0 Å². The normalized spacial score (nSPS) is 11.5. The minimum Gasteiger partial charge on any atom is -0.489 e. The van der Waals surface area contributed by atoms with E-state index < -0.39 is 15.9 Å². The number of hydrazine groups is 1. The molecule has 40 heavy (non-hydrogen) atoms. The number of aryl methyl sites for hydroxylation is 2. The zero-order valence-corrected chi connectivity index (χ0v) is 23.5. The van der Waals surface area contributed by atoms with Crippen LogP contribution in [-0.4, -0.2) is 23.9 Å². The summed E-state index contributed by atoms with van der Waals surface area (Å²) in [6.07, 6.45) is 0. The third kappa shape index (κ3) is 6.17. The summed E-state index contributed by atoms with van der Waals surface area (Å²) in [4.78, 5) is 19.7. The lowest BCUT2D eigenvalue weighted by atomic mass is 10.1. The first-order valence-corrected chi connectivity index (χ1v) is 14.4. The van der Waals surface area contributed by atoms with Crippen molar-refractivity contribution >= 4 is 38.6 Å². The first-order valence-electron chi connectivity index (χ1n) is 12.5. The van der Waals surface area contributed by atoms with E-state index in [-0.39, 0.29) is 10.5 Å². The summed E-state index contributed by atoms with van der Waals surface area (Å²) >= 11 is 6.64. The number of aromatic nitrogens is 2. The second-order valence-corrected chi connectivity index (χ2v) is 11.4. The minimum absolute atomic E-state index is 0.0529. The number of para-hydroxylation sites is 1. The summed E-state index contributed by atoms with van der Waals surface area (Å²) < 4.78 is 32.9. The van der Waals surface area contributed by atoms with Gasteiger partial charge in [0, 0.05) is 10.6 Å². The lowest BCUT2D eigenvalue weighted by Crippen LogP contribution is -2.41. The molecule has 5 rings (SSSR count). The van der Waals surface area contributed by atoms with Crippen molar-refractivity contribution < 1.29 is 17.9 Å². The first-order chi connectivity index (χ1) is 19.2. The number of carbonyl (C=O) groups excluding carboxylic acids is 1. The number of sulfonamides is 1. The van der Waals surface area contributed by atoms with Gasteiger partial charge in [0.05, 0.1) is 22.5 Å². The number of nitrogens with one attached hydrogen (secondary N) is 2. The molecule has 0 radical (unpaired) electrons. The number of carbonyl (C=O) groups is 1. The van der Waals surface area contributed by atoms with Gasteiger partial charge in [-0.15, -0.1) is 4.83 Å². The van der Waals surface area contributed by atoms with Gasteiger partial charge in [-0.2, -0.15) is 0 Å². The van der Waals surface area contributed by atoms with Crippen LogP contribution in [0.3, 0.4) is 0 Å². The molecule has 5 aromatic rings. The lowest BCUT2D eigenvalue weighted by Gasteiger charge is -2.12. The van der Waals surface area contributed by atoms with Crippen molar-refractivity contribution in [1.29, 1.82) is 0 Å². The molecule has 0 bridgehead atoms. The molecule has 0 fully saturated rings. The molecular formula is C30H27ClN4O4S. The van der Waals surface area contributed by atoms with Gasteiger partial charge in [0.1, 0.15) is 18.2 Å². The number of nitrogens with zero attached hydrogens (tertiary/aromatic N) is 2. The van der Waals surface area contributed by atoms with Gasteiger partial charge in [0.15, 0.2) is 0 Å². The molecule has 1 amide bonds. The molecule has 1 heterocycles. The van der Waals surface area contributed by atoms with Crippen molar-refractivity contribution in [3.63, 3.8) is 0 Å². The van der Waals surface area contributed by atoms with Crippen LogP contribution in [0.1, 0.15) is 32.9 Å². The Morgan fingerprint density at radius 2 is 1.70 bits per heavy atom. The molecule has 0 saturated heterocycles. The quantitative estimate of drug-likeness (QED) is 0.225. The summed E-state index contributed by atoms with van der Waals surface area (Å²) in [6, 6.07) is 26.7. The Morgan fingerprint density at radius 3 is 2.42 bits per heavy atom. The molecule has 10 heteroatoms. The molecule has 0 aliphatic heterocycles. The molecule has 2 N–H and O–H groups in total. The maximum absolute atomic E-state index is 12.9. The smallest absolute Gasteiger partial charge is 0.266 e.